The van der Waals surface area contributed by atoms with Gasteiger partial charge in [-0.05, 0) is 32.0 Å². The SMILES string of the molecule is CCc1cnc(CNc2cc(C(=O)OC)ccc2OC(C)C)o1. The molecule has 124 valence electrons. The molecule has 1 aromatic carbocycles. The monoisotopic (exact) mass is 318 g/mol. The third kappa shape index (κ3) is 4.48. The molecule has 2 aromatic rings. The van der Waals surface area contributed by atoms with Crippen molar-refractivity contribution in [3.63, 3.8) is 0 Å². The minimum absolute atomic E-state index is 0.0213. The lowest BCUT2D eigenvalue weighted by atomic mass is 10.2. The minimum atomic E-state index is -0.395. The highest BCUT2D eigenvalue weighted by molar-refractivity contribution is 5.91. The Morgan fingerprint density at radius 2 is 2.17 bits per heavy atom. The lowest BCUT2D eigenvalue weighted by Crippen LogP contribution is -2.10. The maximum absolute atomic E-state index is 11.7. The van der Waals surface area contributed by atoms with Crippen LogP contribution < -0.4 is 10.1 Å². The van der Waals surface area contributed by atoms with Crippen LogP contribution in [0.3, 0.4) is 0 Å². The number of ether oxygens (including phenoxy) is 2. The average molecular weight is 318 g/mol. The first-order valence-electron chi connectivity index (χ1n) is 7.60. The van der Waals surface area contributed by atoms with E-state index < -0.39 is 5.97 Å². The molecule has 1 heterocycles. The molecular formula is C17H22N2O4. The minimum Gasteiger partial charge on any atom is -0.489 e. The number of esters is 1. The van der Waals surface area contributed by atoms with Crippen molar-refractivity contribution in [3.8, 4) is 5.75 Å². The second kappa shape index (κ2) is 7.67. The van der Waals surface area contributed by atoms with E-state index in [2.05, 4.69) is 10.3 Å². The van der Waals surface area contributed by atoms with Gasteiger partial charge >= 0.3 is 5.97 Å². The van der Waals surface area contributed by atoms with Crippen LogP contribution in [0.15, 0.2) is 28.8 Å². The number of anilines is 1. The zero-order chi connectivity index (χ0) is 16.8. The normalized spacial score (nSPS) is 10.7. The number of hydrogen-bond donors (Lipinski definition) is 1. The first-order chi connectivity index (χ1) is 11.0. The molecule has 0 aliphatic rings. The summed E-state index contributed by atoms with van der Waals surface area (Å²) in [6, 6.07) is 5.13. The van der Waals surface area contributed by atoms with Crippen LogP contribution in [0.2, 0.25) is 0 Å². The highest BCUT2D eigenvalue weighted by Crippen LogP contribution is 2.27. The predicted octanol–water partition coefficient (Wildman–Crippen LogP) is 3.42. The summed E-state index contributed by atoms with van der Waals surface area (Å²) in [6.07, 6.45) is 2.54. The number of aromatic nitrogens is 1. The van der Waals surface area contributed by atoms with Gasteiger partial charge in [0.25, 0.3) is 0 Å². The number of hydrogen-bond acceptors (Lipinski definition) is 6. The van der Waals surface area contributed by atoms with E-state index in [-0.39, 0.29) is 6.10 Å². The number of nitrogens with zero attached hydrogens (tertiary/aromatic N) is 1. The number of carbonyl (C=O) groups excluding carboxylic acids is 1. The van der Waals surface area contributed by atoms with Crippen LogP contribution >= 0.6 is 0 Å². The van der Waals surface area contributed by atoms with Crippen molar-refractivity contribution in [1.82, 2.24) is 4.98 Å². The van der Waals surface area contributed by atoms with Gasteiger partial charge in [-0.1, -0.05) is 6.92 Å². The van der Waals surface area contributed by atoms with E-state index in [0.29, 0.717) is 29.4 Å². The van der Waals surface area contributed by atoms with Crippen molar-refractivity contribution in [3.05, 3.63) is 41.6 Å². The first kappa shape index (κ1) is 16.9. The summed E-state index contributed by atoms with van der Waals surface area (Å²) in [6.45, 7) is 6.30. The zero-order valence-corrected chi connectivity index (χ0v) is 13.9. The molecular weight excluding hydrogens is 296 g/mol. The standard InChI is InChI=1S/C17H22N2O4/c1-5-13-9-19-16(23-13)10-18-14-8-12(17(20)21-4)6-7-15(14)22-11(2)3/h6-9,11,18H,5,10H2,1-4H3. The fourth-order valence-electron chi connectivity index (χ4n) is 2.03. The molecule has 0 saturated carbocycles. The van der Waals surface area contributed by atoms with Crippen LogP contribution in [-0.4, -0.2) is 24.2 Å². The van der Waals surface area contributed by atoms with Crippen LogP contribution in [-0.2, 0) is 17.7 Å². The van der Waals surface area contributed by atoms with E-state index in [1.54, 1.807) is 24.4 Å². The molecule has 0 fully saturated rings. The van der Waals surface area contributed by atoms with Crippen LogP contribution in [0.4, 0.5) is 5.69 Å². The quantitative estimate of drug-likeness (QED) is 0.789. The first-order valence-corrected chi connectivity index (χ1v) is 7.60. The highest BCUT2D eigenvalue weighted by Gasteiger charge is 2.12. The Morgan fingerprint density at radius 3 is 2.78 bits per heavy atom. The van der Waals surface area contributed by atoms with Crippen LogP contribution in [0.5, 0.6) is 5.75 Å². The van der Waals surface area contributed by atoms with E-state index in [1.807, 2.05) is 20.8 Å². The summed E-state index contributed by atoms with van der Waals surface area (Å²) < 4.78 is 16.1. The number of aryl methyl sites for hydroxylation is 1. The summed E-state index contributed by atoms with van der Waals surface area (Å²) >= 11 is 0. The summed E-state index contributed by atoms with van der Waals surface area (Å²) in [5, 5.41) is 3.20. The van der Waals surface area contributed by atoms with Crippen molar-refractivity contribution in [2.75, 3.05) is 12.4 Å². The van der Waals surface area contributed by atoms with Crippen molar-refractivity contribution < 1.29 is 18.7 Å². The lowest BCUT2D eigenvalue weighted by molar-refractivity contribution is 0.0600. The number of methoxy groups -OCH3 is 1. The van der Waals surface area contributed by atoms with E-state index in [1.165, 1.54) is 7.11 Å². The summed E-state index contributed by atoms with van der Waals surface area (Å²) in [5.41, 5.74) is 1.14. The number of oxazole rings is 1. The molecule has 23 heavy (non-hydrogen) atoms. The Kier molecular flexibility index (Phi) is 5.62. The fourth-order valence-corrected chi connectivity index (χ4v) is 2.03. The van der Waals surface area contributed by atoms with Gasteiger partial charge in [-0.15, -0.1) is 0 Å². The summed E-state index contributed by atoms with van der Waals surface area (Å²) in [7, 11) is 1.35. The van der Waals surface area contributed by atoms with E-state index in [9.17, 15) is 4.79 Å². The van der Waals surface area contributed by atoms with E-state index >= 15 is 0 Å². The largest absolute Gasteiger partial charge is 0.489 e. The zero-order valence-electron chi connectivity index (χ0n) is 13.9. The Balaban J connectivity index is 2.19. The molecule has 0 unspecified atom stereocenters. The van der Waals surface area contributed by atoms with Crippen molar-refractivity contribution >= 4 is 11.7 Å². The van der Waals surface area contributed by atoms with Gasteiger partial charge in [0.05, 0.1) is 37.2 Å². The van der Waals surface area contributed by atoms with Crippen LogP contribution in [0.25, 0.3) is 0 Å². The Hall–Kier alpha value is -2.50. The molecule has 1 N–H and O–H groups in total. The Bertz CT molecular complexity index is 664. The molecule has 0 atom stereocenters. The molecule has 2 rings (SSSR count). The Morgan fingerprint density at radius 1 is 1.39 bits per heavy atom. The molecule has 6 heteroatoms. The summed E-state index contributed by atoms with van der Waals surface area (Å²) in [5.74, 6) is 1.69. The van der Waals surface area contributed by atoms with Gasteiger partial charge in [0.15, 0.2) is 0 Å². The molecule has 0 bridgehead atoms. The fraction of sp³-hybridized carbons (Fsp3) is 0.412. The van der Waals surface area contributed by atoms with Gasteiger partial charge < -0.3 is 19.2 Å². The number of nitrogens with one attached hydrogen (secondary N) is 1. The van der Waals surface area contributed by atoms with Gasteiger partial charge in [-0.3, -0.25) is 0 Å². The van der Waals surface area contributed by atoms with Gasteiger partial charge in [-0.2, -0.15) is 0 Å². The van der Waals surface area contributed by atoms with Gasteiger partial charge in [-0.25, -0.2) is 9.78 Å². The van der Waals surface area contributed by atoms with Gasteiger partial charge in [0.2, 0.25) is 5.89 Å². The third-order valence-electron chi connectivity index (χ3n) is 3.14. The smallest absolute Gasteiger partial charge is 0.337 e. The lowest BCUT2D eigenvalue weighted by Gasteiger charge is -2.16. The third-order valence-corrected chi connectivity index (χ3v) is 3.14. The molecule has 0 radical (unpaired) electrons. The number of rotatable bonds is 7. The second-order valence-electron chi connectivity index (χ2n) is 5.30. The molecule has 0 spiro atoms. The molecule has 0 aliphatic carbocycles. The van der Waals surface area contributed by atoms with Crippen molar-refractivity contribution in [2.24, 2.45) is 0 Å². The average Bonchev–Trinajstić information content (AvgIpc) is 3.00. The highest BCUT2D eigenvalue weighted by atomic mass is 16.5. The maximum atomic E-state index is 11.7. The van der Waals surface area contributed by atoms with E-state index in [0.717, 1.165) is 12.2 Å². The number of carbonyl (C=O) groups is 1. The maximum Gasteiger partial charge on any atom is 0.337 e. The van der Waals surface area contributed by atoms with Crippen LogP contribution in [0.1, 0.15) is 42.8 Å². The Labute approximate surface area is 135 Å². The molecule has 0 amide bonds. The molecule has 0 saturated heterocycles. The van der Waals surface area contributed by atoms with Gasteiger partial charge in [0, 0.05) is 6.42 Å². The van der Waals surface area contributed by atoms with Gasteiger partial charge in [0.1, 0.15) is 11.5 Å². The molecule has 0 aliphatic heterocycles. The van der Waals surface area contributed by atoms with Crippen molar-refractivity contribution in [2.45, 2.75) is 39.8 Å². The molecule has 6 nitrogen and oxygen atoms in total. The number of benzene rings is 1. The second-order valence-corrected chi connectivity index (χ2v) is 5.30. The van der Waals surface area contributed by atoms with Crippen molar-refractivity contribution in [1.29, 1.82) is 0 Å². The summed E-state index contributed by atoms with van der Waals surface area (Å²) in [4.78, 5) is 15.9. The molecule has 1 aromatic heterocycles. The topological polar surface area (TPSA) is 73.6 Å². The van der Waals surface area contributed by atoms with Crippen LogP contribution in [0, 0.1) is 0 Å². The predicted molar refractivity (Wildman–Crippen MR) is 86.8 cm³/mol. The van der Waals surface area contributed by atoms with E-state index in [4.69, 9.17) is 13.9 Å².